The van der Waals surface area contributed by atoms with E-state index in [1.54, 1.807) is 17.0 Å². The highest BCUT2D eigenvalue weighted by Crippen LogP contribution is 2.37. The number of piperazine rings is 1. The number of methoxy groups -OCH3 is 1. The lowest BCUT2D eigenvalue weighted by molar-refractivity contribution is -0.132. The maximum absolute atomic E-state index is 12.8. The van der Waals surface area contributed by atoms with Crippen LogP contribution in [0, 0.1) is 12.3 Å². The lowest BCUT2D eigenvalue weighted by Crippen LogP contribution is -2.50. The molecule has 0 saturated carbocycles. The Hall–Kier alpha value is -2.44. The third-order valence-corrected chi connectivity index (χ3v) is 6.99. The van der Waals surface area contributed by atoms with Crippen molar-refractivity contribution in [1.29, 1.82) is 0 Å². The molecule has 0 atom stereocenters. The third kappa shape index (κ3) is 4.51. The van der Waals surface area contributed by atoms with Gasteiger partial charge in [-0.15, -0.1) is 12.3 Å². The van der Waals surface area contributed by atoms with Gasteiger partial charge < -0.3 is 9.64 Å². The van der Waals surface area contributed by atoms with Crippen LogP contribution in [-0.4, -0.2) is 62.5 Å². The van der Waals surface area contributed by atoms with E-state index in [4.69, 9.17) is 11.2 Å². The zero-order valence-electron chi connectivity index (χ0n) is 15.9. The molecule has 2 aliphatic heterocycles. The van der Waals surface area contributed by atoms with Crippen molar-refractivity contribution in [2.45, 2.75) is 36.2 Å². The molecule has 0 aliphatic carbocycles. The number of terminal acetylenes is 1. The summed E-state index contributed by atoms with van der Waals surface area (Å²) in [5.41, 5.74) is -0.471. The molecule has 0 bridgehead atoms. The molecule has 150 valence electrons. The Morgan fingerprint density at radius 3 is 2.36 bits per heavy atom. The van der Waals surface area contributed by atoms with Gasteiger partial charge in [-0.1, -0.05) is 0 Å². The van der Waals surface area contributed by atoms with E-state index < -0.39 is 15.7 Å². The number of nitrogens with zero attached hydrogens (tertiary/aromatic N) is 4. The number of hydrogen-bond donors (Lipinski definition) is 0. The van der Waals surface area contributed by atoms with E-state index in [-0.39, 0.29) is 23.9 Å². The van der Waals surface area contributed by atoms with Gasteiger partial charge in [-0.05, 0) is 24.3 Å². The molecule has 0 aromatic heterocycles. The first-order valence-electron chi connectivity index (χ1n) is 9.20. The lowest BCUT2D eigenvalue weighted by atomic mass is 10.0. The highest BCUT2D eigenvalue weighted by atomic mass is 32.2. The number of carbonyl (C=O) groups is 1. The van der Waals surface area contributed by atoms with Crippen LogP contribution in [0.2, 0.25) is 0 Å². The van der Waals surface area contributed by atoms with Crippen LogP contribution in [0.5, 0.6) is 5.75 Å². The van der Waals surface area contributed by atoms with Crippen molar-refractivity contribution in [2.24, 2.45) is 10.2 Å². The molecule has 8 nitrogen and oxygen atoms in total. The van der Waals surface area contributed by atoms with E-state index in [2.05, 4.69) is 16.1 Å². The SMILES string of the molecule is C#CCCC1(CCC(=O)N2CCN(S(=O)(=O)c3ccc(OC)cc3)CC2)N=N1. The minimum atomic E-state index is -3.58. The summed E-state index contributed by atoms with van der Waals surface area (Å²) in [5, 5.41) is 8.08. The number of carbonyl (C=O) groups excluding carboxylic acids is 1. The van der Waals surface area contributed by atoms with Crippen molar-refractivity contribution >= 4 is 15.9 Å². The van der Waals surface area contributed by atoms with Crippen LogP contribution in [0.3, 0.4) is 0 Å². The van der Waals surface area contributed by atoms with Crippen LogP contribution >= 0.6 is 0 Å². The molecule has 28 heavy (non-hydrogen) atoms. The number of ether oxygens (including phenoxy) is 1. The summed E-state index contributed by atoms with van der Waals surface area (Å²) in [6.07, 6.45) is 7.42. The minimum absolute atomic E-state index is 0.00104. The number of benzene rings is 1. The van der Waals surface area contributed by atoms with Crippen molar-refractivity contribution in [3.63, 3.8) is 0 Å². The third-order valence-electron chi connectivity index (χ3n) is 5.08. The van der Waals surface area contributed by atoms with Crippen LogP contribution in [0.1, 0.15) is 25.7 Å². The van der Waals surface area contributed by atoms with Crippen LogP contribution in [0.25, 0.3) is 0 Å². The van der Waals surface area contributed by atoms with Crippen molar-refractivity contribution < 1.29 is 17.9 Å². The van der Waals surface area contributed by atoms with Gasteiger partial charge in [0.1, 0.15) is 5.75 Å². The van der Waals surface area contributed by atoms with E-state index in [9.17, 15) is 13.2 Å². The van der Waals surface area contributed by atoms with E-state index >= 15 is 0 Å². The van der Waals surface area contributed by atoms with E-state index in [0.717, 1.165) is 0 Å². The summed E-state index contributed by atoms with van der Waals surface area (Å²) in [5.74, 6) is 3.17. The fourth-order valence-corrected chi connectivity index (χ4v) is 4.63. The molecule has 1 fully saturated rings. The second kappa shape index (κ2) is 8.29. The van der Waals surface area contributed by atoms with Gasteiger partial charge in [-0.3, -0.25) is 4.79 Å². The standard InChI is InChI=1S/C19H24N4O4S/c1-3-4-10-19(20-21-19)11-9-18(24)22-12-14-23(15-13-22)28(25,26)17-7-5-16(27-2)6-8-17/h1,5-8H,4,9-15H2,2H3. The van der Waals surface area contributed by atoms with E-state index in [0.29, 0.717) is 44.5 Å². The molecule has 0 radical (unpaired) electrons. The van der Waals surface area contributed by atoms with Crippen LogP contribution in [0.4, 0.5) is 0 Å². The molecule has 3 rings (SSSR count). The normalized spacial score (nSPS) is 18.5. The quantitative estimate of drug-likeness (QED) is 0.619. The number of hydrogen-bond acceptors (Lipinski definition) is 6. The van der Waals surface area contributed by atoms with Gasteiger partial charge in [-0.25, -0.2) is 8.42 Å². The van der Waals surface area contributed by atoms with Gasteiger partial charge in [0, 0.05) is 51.9 Å². The van der Waals surface area contributed by atoms with Crippen LogP contribution < -0.4 is 4.74 Å². The van der Waals surface area contributed by atoms with Gasteiger partial charge in [0.15, 0.2) is 5.66 Å². The molecule has 1 aromatic carbocycles. The zero-order chi connectivity index (χ0) is 20.2. The molecule has 2 heterocycles. The minimum Gasteiger partial charge on any atom is -0.497 e. The van der Waals surface area contributed by atoms with Gasteiger partial charge >= 0.3 is 0 Å². The Bertz CT molecular complexity index is 876. The molecule has 0 unspecified atom stereocenters. The maximum atomic E-state index is 12.8. The Balaban J connectivity index is 1.51. The van der Waals surface area contributed by atoms with Gasteiger partial charge in [0.25, 0.3) is 0 Å². The summed E-state index contributed by atoms with van der Waals surface area (Å²) in [6.45, 7) is 1.30. The summed E-state index contributed by atoms with van der Waals surface area (Å²) in [4.78, 5) is 14.4. The van der Waals surface area contributed by atoms with Crippen LogP contribution in [0.15, 0.2) is 39.4 Å². The fourth-order valence-electron chi connectivity index (χ4n) is 3.21. The predicted octanol–water partition coefficient (Wildman–Crippen LogP) is 1.88. The molecular formula is C19H24N4O4S. The first-order valence-corrected chi connectivity index (χ1v) is 10.6. The smallest absolute Gasteiger partial charge is 0.243 e. The van der Waals surface area contributed by atoms with Crippen LogP contribution in [-0.2, 0) is 14.8 Å². The number of rotatable bonds is 8. The summed E-state index contributed by atoms with van der Waals surface area (Å²) >= 11 is 0. The predicted molar refractivity (Wildman–Crippen MR) is 103 cm³/mol. The Morgan fingerprint density at radius 2 is 1.82 bits per heavy atom. The second-order valence-corrected chi connectivity index (χ2v) is 8.78. The number of amides is 1. The summed E-state index contributed by atoms with van der Waals surface area (Å²) in [6, 6.07) is 6.31. The van der Waals surface area contributed by atoms with Crippen molar-refractivity contribution in [3.05, 3.63) is 24.3 Å². The molecule has 1 amide bonds. The molecule has 1 aromatic rings. The molecule has 0 spiro atoms. The second-order valence-electron chi connectivity index (χ2n) is 6.85. The monoisotopic (exact) mass is 404 g/mol. The highest BCUT2D eigenvalue weighted by molar-refractivity contribution is 7.89. The number of sulfonamides is 1. The van der Waals surface area contributed by atoms with E-state index in [1.807, 2.05) is 0 Å². The Labute approximate surface area is 165 Å². The molecule has 2 aliphatic rings. The van der Waals surface area contributed by atoms with Gasteiger partial charge in [-0.2, -0.15) is 14.5 Å². The maximum Gasteiger partial charge on any atom is 0.243 e. The largest absolute Gasteiger partial charge is 0.497 e. The van der Waals surface area contributed by atoms with E-state index in [1.165, 1.54) is 23.5 Å². The average Bonchev–Trinajstić information content (AvgIpc) is 3.51. The Kier molecular flexibility index (Phi) is 6.01. The fraction of sp³-hybridized carbons (Fsp3) is 0.526. The van der Waals surface area contributed by atoms with Gasteiger partial charge in [0.05, 0.1) is 12.0 Å². The van der Waals surface area contributed by atoms with Crippen molar-refractivity contribution in [1.82, 2.24) is 9.21 Å². The van der Waals surface area contributed by atoms with Gasteiger partial charge in [0.2, 0.25) is 15.9 Å². The van der Waals surface area contributed by atoms with Crippen molar-refractivity contribution in [3.8, 4) is 18.1 Å². The topological polar surface area (TPSA) is 91.6 Å². The molecular weight excluding hydrogens is 380 g/mol. The molecule has 9 heteroatoms. The molecule has 1 saturated heterocycles. The molecule has 0 N–H and O–H groups in total. The average molecular weight is 404 g/mol. The first-order chi connectivity index (χ1) is 13.4. The summed E-state index contributed by atoms with van der Waals surface area (Å²) in [7, 11) is -2.05. The highest BCUT2D eigenvalue weighted by Gasteiger charge is 2.40. The zero-order valence-corrected chi connectivity index (χ0v) is 16.7. The lowest BCUT2D eigenvalue weighted by Gasteiger charge is -2.34. The summed E-state index contributed by atoms with van der Waals surface area (Å²) < 4.78 is 32.0. The van der Waals surface area contributed by atoms with Crippen molar-refractivity contribution in [2.75, 3.05) is 33.3 Å². The Morgan fingerprint density at radius 1 is 1.18 bits per heavy atom. The first kappa shape index (κ1) is 20.3.